The Morgan fingerprint density at radius 3 is 2.14 bits per heavy atom. The first-order chi connectivity index (χ1) is 20.3. The van der Waals surface area contributed by atoms with E-state index < -0.39 is 59.5 Å². The zero-order valence-corrected chi connectivity index (χ0v) is 23.4. The molecule has 43 heavy (non-hydrogen) atoms. The number of halogens is 4. The largest absolute Gasteiger partial charge is 0.497 e. The Bertz CT molecular complexity index is 1430. The maximum Gasteiger partial charge on any atom is 0.452 e. The first-order valence-electron chi connectivity index (χ1n) is 13.1. The molecule has 3 aromatic rings. The number of ether oxygens (including phenoxy) is 1. The van der Waals surface area contributed by atoms with Crippen molar-refractivity contribution in [1.82, 2.24) is 20.9 Å². The van der Waals surface area contributed by atoms with Gasteiger partial charge in [0, 0.05) is 12.6 Å². The summed E-state index contributed by atoms with van der Waals surface area (Å²) in [5, 5.41) is 7.11. The minimum atomic E-state index is -5.22. The van der Waals surface area contributed by atoms with Gasteiger partial charge in [-0.1, -0.05) is 44.2 Å². The Morgan fingerprint density at radius 1 is 0.884 bits per heavy atom. The van der Waals surface area contributed by atoms with Crippen LogP contribution in [0.1, 0.15) is 41.5 Å². The van der Waals surface area contributed by atoms with E-state index in [-0.39, 0.29) is 17.7 Å². The van der Waals surface area contributed by atoms with Gasteiger partial charge in [-0.3, -0.25) is 24.2 Å². The fourth-order valence-corrected chi connectivity index (χ4v) is 4.13. The maximum atomic E-state index is 13.9. The summed E-state index contributed by atoms with van der Waals surface area (Å²) in [6.45, 7) is 2.66. The lowest BCUT2D eigenvalue weighted by Gasteiger charge is -2.27. The van der Waals surface area contributed by atoms with Crippen LogP contribution in [0.5, 0.6) is 5.75 Å². The minimum absolute atomic E-state index is 0.0190. The topological polar surface area (TPSA) is 126 Å². The monoisotopic (exact) mass is 602 g/mol. The van der Waals surface area contributed by atoms with Crippen LogP contribution in [0.2, 0.25) is 0 Å². The molecule has 13 heteroatoms. The average molecular weight is 603 g/mol. The van der Waals surface area contributed by atoms with E-state index in [9.17, 15) is 36.7 Å². The van der Waals surface area contributed by atoms with Crippen LogP contribution < -0.4 is 20.7 Å². The second kappa shape index (κ2) is 14.4. The first-order valence-corrected chi connectivity index (χ1v) is 13.1. The number of nitrogens with zero attached hydrogens (tertiary/aromatic N) is 1. The summed E-state index contributed by atoms with van der Waals surface area (Å²) in [6, 6.07) is 10.7. The molecule has 3 amide bonds. The third-order valence-electron chi connectivity index (χ3n) is 6.37. The molecule has 0 fully saturated rings. The van der Waals surface area contributed by atoms with Crippen molar-refractivity contribution in [2.45, 2.75) is 44.6 Å². The molecule has 0 saturated carbocycles. The normalized spacial score (nSPS) is 13.4. The number of alkyl halides is 3. The van der Waals surface area contributed by atoms with Crippen LogP contribution >= 0.6 is 0 Å². The SMILES string of the molecule is COc1ccc(C(NC(=O)C(Cc2cccc(F)c2)NC(=O)c2ccccn2)C(=O)NC(C(=O)C(F)(F)F)C(C)C)cc1. The Kier molecular flexibility index (Phi) is 10.9. The Hall–Kier alpha value is -4.81. The smallest absolute Gasteiger partial charge is 0.452 e. The number of methoxy groups -OCH3 is 1. The molecular formula is C30H30F4N4O5. The van der Waals surface area contributed by atoms with Crippen molar-refractivity contribution in [2.24, 2.45) is 5.92 Å². The van der Waals surface area contributed by atoms with Gasteiger partial charge in [-0.25, -0.2) is 4.39 Å². The van der Waals surface area contributed by atoms with Crippen molar-refractivity contribution in [3.8, 4) is 5.75 Å². The van der Waals surface area contributed by atoms with E-state index in [0.29, 0.717) is 11.3 Å². The van der Waals surface area contributed by atoms with Gasteiger partial charge >= 0.3 is 6.18 Å². The number of benzene rings is 2. The first kappa shape index (κ1) is 32.7. The molecular weight excluding hydrogens is 572 g/mol. The van der Waals surface area contributed by atoms with E-state index >= 15 is 0 Å². The van der Waals surface area contributed by atoms with Gasteiger partial charge in [-0.15, -0.1) is 0 Å². The zero-order chi connectivity index (χ0) is 31.7. The van der Waals surface area contributed by atoms with E-state index in [4.69, 9.17) is 4.74 Å². The lowest BCUT2D eigenvalue weighted by atomic mass is 9.97. The number of amides is 3. The minimum Gasteiger partial charge on any atom is -0.497 e. The van der Waals surface area contributed by atoms with Gasteiger partial charge in [0.05, 0.1) is 13.2 Å². The van der Waals surface area contributed by atoms with Crippen LogP contribution in [0, 0.1) is 11.7 Å². The van der Waals surface area contributed by atoms with Crippen LogP contribution in [0.3, 0.4) is 0 Å². The lowest BCUT2D eigenvalue weighted by molar-refractivity contribution is -0.175. The quantitative estimate of drug-likeness (QED) is 0.272. The molecule has 3 atom stereocenters. The highest BCUT2D eigenvalue weighted by atomic mass is 19.4. The molecule has 1 heterocycles. The number of Topliss-reactive ketones (excluding diaryl/α,β-unsaturated/α-hetero) is 1. The Balaban J connectivity index is 1.96. The molecule has 0 radical (unpaired) electrons. The molecule has 3 unspecified atom stereocenters. The average Bonchev–Trinajstić information content (AvgIpc) is 2.97. The van der Waals surface area contributed by atoms with Gasteiger partial charge in [0.1, 0.15) is 29.3 Å². The maximum absolute atomic E-state index is 13.9. The van der Waals surface area contributed by atoms with Gasteiger partial charge in [-0.05, 0) is 53.4 Å². The number of carbonyl (C=O) groups excluding carboxylic acids is 4. The molecule has 0 spiro atoms. The fourth-order valence-electron chi connectivity index (χ4n) is 4.13. The highest BCUT2D eigenvalue weighted by Gasteiger charge is 2.45. The molecule has 0 bridgehead atoms. The summed E-state index contributed by atoms with van der Waals surface area (Å²) in [5.41, 5.74) is 0.464. The van der Waals surface area contributed by atoms with E-state index in [1.54, 1.807) is 12.1 Å². The van der Waals surface area contributed by atoms with Crippen LogP contribution in [0.25, 0.3) is 0 Å². The Labute approximate surface area is 245 Å². The number of hydrogen-bond acceptors (Lipinski definition) is 6. The van der Waals surface area contributed by atoms with Gasteiger partial charge in [0.15, 0.2) is 0 Å². The molecule has 0 saturated heterocycles. The number of nitrogens with one attached hydrogen (secondary N) is 3. The van der Waals surface area contributed by atoms with E-state index in [1.165, 1.54) is 75.7 Å². The van der Waals surface area contributed by atoms with Crippen molar-refractivity contribution in [3.63, 3.8) is 0 Å². The lowest BCUT2D eigenvalue weighted by Crippen LogP contribution is -2.55. The highest BCUT2D eigenvalue weighted by Crippen LogP contribution is 2.23. The van der Waals surface area contributed by atoms with Gasteiger partial charge in [0.25, 0.3) is 11.7 Å². The third kappa shape index (κ3) is 9.09. The van der Waals surface area contributed by atoms with Crippen molar-refractivity contribution >= 4 is 23.5 Å². The van der Waals surface area contributed by atoms with Gasteiger partial charge in [-0.2, -0.15) is 13.2 Å². The van der Waals surface area contributed by atoms with Crippen LogP contribution in [-0.4, -0.2) is 53.9 Å². The van der Waals surface area contributed by atoms with E-state index in [0.717, 1.165) is 6.07 Å². The summed E-state index contributed by atoms with van der Waals surface area (Å²) < 4.78 is 58.8. The van der Waals surface area contributed by atoms with Crippen LogP contribution in [0.15, 0.2) is 72.9 Å². The number of ketones is 1. The van der Waals surface area contributed by atoms with Gasteiger partial charge in [0.2, 0.25) is 11.8 Å². The summed E-state index contributed by atoms with van der Waals surface area (Å²) >= 11 is 0. The summed E-state index contributed by atoms with van der Waals surface area (Å²) in [4.78, 5) is 56.0. The summed E-state index contributed by atoms with van der Waals surface area (Å²) in [5.74, 6) is -6.03. The Morgan fingerprint density at radius 2 is 1.58 bits per heavy atom. The molecule has 3 N–H and O–H groups in total. The number of aromatic nitrogens is 1. The summed E-state index contributed by atoms with van der Waals surface area (Å²) in [7, 11) is 1.40. The number of pyridine rings is 1. The van der Waals surface area contributed by atoms with Crippen molar-refractivity contribution in [1.29, 1.82) is 0 Å². The second-order valence-corrected chi connectivity index (χ2v) is 9.88. The molecule has 0 aliphatic rings. The molecule has 3 rings (SSSR count). The molecule has 0 aliphatic carbocycles. The predicted octanol–water partition coefficient (Wildman–Crippen LogP) is 3.70. The molecule has 2 aromatic carbocycles. The predicted molar refractivity (Wildman–Crippen MR) is 147 cm³/mol. The third-order valence-corrected chi connectivity index (χ3v) is 6.37. The van der Waals surface area contributed by atoms with Crippen molar-refractivity contribution in [3.05, 3.63) is 95.6 Å². The highest BCUT2D eigenvalue weighted by molar-refractivity contribution is 5.98. The number of hydrogen-bond donors (Lipinski definition) is 3. The standard InChI is InChI=1S/C30H30F4N4O5/c1-17(2)24(26(39)30(32,33)34)37-29(42)25(19-10-12-21(43-3)13-11-19)38-28(41)23(16-18-7-6-8-20(31)15-18)36-27(40)22-9-4-5-14-35-22/h4-15,17,23-25H,16H2,1-3H3,(H,36,40)(H,37,42)(H,38,41). The molecule has 0 aliphatic heterocycles. The van der Waals surface area contributed by atoms with Crippen molar-refractivity contribution in [2.75, 3.05) is 7.11 Å². The number of rotatable bonds is 12. The second-order valence-electron chi connectivity index (χ2n) is 9.88. The van der Waals surface area contributed by atoms with Crippen molar-refractivity contribution < 1.29 is 41.5 Å². The zero-order valence-electron chi connectivity index (χ0n) is 23.4. The molecule has 9 nitrogen and oxygen atoms in total. The van der Waals surface area contributed by atoms with Crippen LogP contribution in [0.4, 0.5) is 17.6 Å². The van der Waals surface area contributed by atoms with E-state index in [2.05, 4.69) is 20.9 Å². The molecule has 228 valence electrons. The fraction of sp³-hybridized carbons (Fsp3) is 0.300. The molecule has 1 aromatic heterocycles. The van der Waals surface area contributed by atoms with E-state index in [1.807, 2.05) is 0 Å². The number of carbonyl (C=O) groups is 4. The van der Waals surface area contributed by atoms with Crippen LogP contribution in [-0.2, 0) is 20.8 Å². The summed E-state index contributed by atoms with van der Waals surface area (Å²) in [6.07, 6.45) is -4.05. The van der Waals surface area contributed by atoms with Gasteiger partial charge < -0.3 is 20.7 Å².